The smallest absolute Gasteiger partial charge is 0.406 e. The number of nitrogens with zero attached hydrogens (tertiary/aromatic N) is 3. The molecule has 1 atom stereocenters. The van der Waals surface area contributed by atoms with Crippen LogP contribution in [0.25, 0.3) is 11.3 Å². The molecule has 34 heavy (non-hydrogen) atoms. The Balaban J connectivity index is 1.93. The van der Waals surface area contributed by atoms with Crippen LogP contribution in [0.2, 0.25) is 0 Å². The van der Waals surface area contributed by atoms with E-state index in [9.17, 15) is 26.7 Å². The number of ether oxygens (including phenoxy) is 2. The Labute approximate surface area is 194 Å². The van der Waals surface area contributed by atoms with Gasteiger partial charge in [0.1, 0.15) is 5.75 Å². The average molecular weight is 500 g/mol. The van der Waals surface area contributed by atoms with Gasteiger partial charge in [-0.2, -0.15) is 4.72 Å². The number of sulfonamides is 1. The zero-order valence-corrected chi connectivity index (χ0v) is 18.9. The van der Waals surface area contributed by atoms with Gasteiger partial charge in [-0.25, -0.2) is 13.4 Å². The number of rotatable bonds is 11. The summed E-state index contributed by atoms with van der Waals surface area (Å²) in [6.07, 6.45) is 1.00. The molecule has 0 spiro atoms. The van der Waals surface area contributed by atoms with Gasteiger partial charge in [0.05, 0.1) is 23.5 Å². The molecule has 1 aromatic carbocycles. The fourth-order valence-electron chi connectivity index (χ4n) is 2.98. The van der Waals surface area contributed by atoms with Crippen LogP contribution in [0.5, 0.6) is 5.75 Å². The molecular weight excluding hydrogens is 477 g/mol. The topological polar surface area (TPSA) is 116 Å². The SMILES string of the molecule is CCCCOC(O)NS(=O)(=O)c1ccc(OC(F)(F)F)cc1-c1ccc(Cn2ccnc2)cn1. The first-order valence-corrected chi connectivity index (χ1v) is 11.7. The first kappa shape index (κ1) is 25.6. The summed E-state index contributed by atoms with van der Waals surface area (Å²) in [4.78, 5) is 7.76. The molecule has 184 valence electrons. The van der Waals surface area contributed by atoms with E-state index in [2.05, 4.69) is 14.7 Å². The molecule has 0 amide bonds. The van der Waals surface area contributed by atoms with Gasteiger partial charge in [-0.3, -0.25) is 4.98 Å². The van der Waals surface area contributed by atoms with Crippen molar-refractivity contribution in [3.63, 3.8) is 0 Å². The van der Waals surface area contributed by atoms with E-state index in [1.54, 1.807) is 29.4 Å². The van der Waals surface area contributed by atoms with Crippen LogP contribution in [0, 0.1) is 0 Å². The van der Waals surface area contributed by atoms with Gasteiger partial charge in [0.2, 0.25) is 16.4 Å². The van der Waals surface area contributed by atoms with E-state index in [1.165, 1.54) is 12.3 Å². The molecule has 9 nitrogen and oxygen atoms in total. The minimum absolute atomic E-state index is 0.0868. The van der Waals surface area contributed by atoms with Gasteiger partial charge in [-0.05, 0) is 36.2 Å². The van der Waals surface area contributed by atoms with E-state index in [4.69, 9.17) is 4.74 Å². The third-order valence-corrected chi connectivity index (χ3v) is 5.98. The fraction of sp³-hybridized carbons (Fsp3) is 0.333. The monoisotopic (exact) mass is 500 g/mol. The Morgan fingerprint density at radius 2 is 2.03 bits per heavy atom. The number of aliphatic hydroxyl groups is 1. The molecule has 0 aliphatic rings. The number of benzene rings is 1. The van der Waals surface area contributed by atoms with Crippen molar-refractivity contribution in [2.24, 2.45) is 0 Å². The standard InChI is InChI=1S/C21H23F3N4O5S/c1-2-3-10-32-20(29)27-34(30,31)19-7-5-16(33-21(22,23)24)11-17(19)18-6-4-15(12-26-18)13-28-9-8-25-14-28/h4-9,11-12,14,20,27,29H,2-3,10,13H2,1H3. The second kappa shape index (κ2) is 11.0. The van der Waals surface area contributed by atoms with Crippen molar-refractivity contribution < 1.29 is 36.2 Å². The Morgan fingerprint density at radius 3 is 2.65 bits per heavy atom. The molecule has 2 heterocycles. The number of hydrogen-bond donors (Lipinski definition) is 2. The average Bonchev–Trinajstić information content (AvgIpc) is 3.26. The van der Waals surface area contributed by atoms with E-state index in [0.717, 1.165) is 30.2 Å². The van der Waals surface area contributed by atoms with Crippen molar-refractivity contribution in [2.45, 2.75) is 44.0 Å². The first-order valence-electron chi connectivity index (χ1n) is 10.2. The van der Waals surface area contributed by atoms with Crippen molar-refractivity contribution in [3.8, 4) is 17.0 Å². The lowest BCUT2D eigenvalue weighted by Crippen LogP contribution is -2.37. The van der Waals surface area contributed by atoms with Crippen LogP contribution in [-0.4, -0.2) is 47.4 Å². The molecule has 0 bridgehead atoms. The van der Waals surface area contributed by atoms with Crippen molar-refractivity contribution in [2.75, 3.05) is 6.61 Å². The number of aromatic nitrogens is 3. The van der Waals surface area contributed by atoms with Gasteiger partial charge in [0.25, 0.3) is 0 Å². The van der Waals surface area contributed by atoms with E-state index in [0.29, 0.717) is 13.0 Å². The quantitative estimate of drug-likeness (QED) is 0.307. The van der Waals surface area contributed by atoms with Crippen LogP contribution in [0.4, 0.5) is 13.2 Å². The maximum absolute atomic E-state index is 12.9. The van der Waals surface area contributed by atoms with Gasteiger partial charge in [0.15, 0.2) is 0 Å². The van der Waals surface area contributed by atoms with E-state index < -0.39 is 33.4 Å². The van der Waals surface area contributed by atoms with Gasteiger partial charge in [0, 0.05) is 30.7 Å². The van der Waals surface area contributed by atoms with Crippen LogP contribution in [0.1, 0.15) is 25.3 Å². The zero-order chi connectivity index (χ0) is 24.8. The number of imidazole rings is 1. The summed E-state index contributed by atoms with van der Waals surface area (Å²) < 4.78 is 76.7. The van der Waals surface area contributed by atoms with Crippen molar-refractivity contribution in [1.82, 2.24) is 19.3 Å². The van der Waals surface area contributed by atoms with Crippen LogP contribution >= 0.6 is 0 Å². The summed E-state index contributed by atoms with van der Waals surface area (Å²) in [5.74, 6) is -0.620. The molecule has 1 unspecified atom stereocenters. The predicted octanol–water partition coefficient (Wildman–Crippen LogP) is 3.26. The highest BCUT2D eigenvalue weighted by Crippen LogP contribution is 2.32. The van der Waals surface area contributed by atoms with Crippen LogP contribution < -0.4 is 9.46 Å². The highest BCUT2D eigenvalue weighted by molar-refractivity contribution is 7.89. The third-order valence-electron chi connectivity index (χ3n) is 4.53. The summed E-state index contributed by atoms with van der Waals surface area (Å²) in [7, 11) is -4.40. The minimum Gasteiger partial charge on any atom is -0.406 e. The molecule has 0 saturated carbocycles. The lowest BCUT2D eigenvalue weighted by Gasteiger charge is -2.17. The Bertz CT molecular complexity index is 1170. The molecule has 2 N–H and O–H groups in total. The summed E-state index contributed by atoms with van der Waals surface area (Å²) in [6, 6.07) is 5.87. The number of alkyl halides is 3. The third kappa shape index (κ3) is 7.25. The van der Waals surface area contributed by atoms with Gasteiger partial charge >= 0.3 is 6.36 Å². The highest BCUT2D eigenvalue weighted by Gasteiger charge is 2.32. The zero-order valence-electron chi connectivity index (χ0n) is 18.1. The molecule has 3 aromatic rings. The molecule has 0 aliphatic carbocycles. The predicted molar refractivity (Wildman–Crippen MR) is 115 cm³/mol. The van der Waals surface area contributed by atoms with Crippen LogP contribution in [0.3, 0.4) is 0 Å². The Morgan fingerprint density at radius 1 is 1.24 bits per heavy atom. The maximum atomic E-state index is 12.9. The van der Waals surface area contributed by atoms with Gasteiger partial charge < -0.3 is 19.1 Å². The number of aliphatic hydroxyl groups excluding tert-OH is 1. The number of nitrogens with one attached hydrogen (secondary N) is 1. The summed E-state index contributed by atoms with van der Waals surface area (Å²) >= 11 is 0. The van der Waals surface area contributed by atoms with Crippen molar-refractivity contribution in [3.05, 3.63) is 60.8 Å². The number of pyridine rings is 1. The Hall–Kier alpha value is -3.00. The Kier molecular flexibility index (Phi) is 8.25. The van der Waals surface area contributed by atoms with Crippen molar-refractivity contribution >= 4 is 10.0 Å². The molecule has 0 radical (unpaired) electrons. The molecule has 0 fully saturated rings. The number of halogens is 3. The van der Waals surface area contributed by atoms with E-state index >= 15 is 0 Å². The first-order chi connectivity index (χ1) is 16.1. The minimum atomic E-state index is -4.97. The number of hydrogen-bond acceptors (Lipinski definition) is 7. The molecule has 13 heteroatoms. The summed E-state index contributed by atoms with van der Waals surface area (Å²) in [5.41, 5.74) is 0.694. The fourth-order valence-corrected chi connectivity index (χ4v) is 4.14. The second-order valence-corrected chi connectivity index (χ2v) is 8.87. The largest absolute Gasteiger partial charge is 0.573 e. The summed E-state index contributed by atoms with van der Waals surface area (Å²) in [6.45, 7) is 2.45. The van der Waals surface area contributed by atoms with E-state index in [-0.39, 0.29) is 17.9 Å². The van der Waals surface area contributed by atoms with Crippen molar-refractivity contribution in [1.29, 1.82) is 0 Å². The van der Waals surface area contributed by atoms with Crippen LogP contribution in [-0.2, 0) is 21.3 Å². The molecule has 2 aromatic heterocycles. The van der Waals surface area contributed by atoms with E-state index in [1.807, 2.05) is 11.6 Å². The van der Waals surface area contributed by atoms with Crippen LogP contribution in [0.15, 0.2) is 60.1 Å². The van der Waals surface area contributed by atoms with Gasteiger partial charge in [-0.15, -0.1) is 13.2 Å². The molecule has 0 saturated heterocycles. The molecular formula is C21H23F3N4O5S. The number of unbranched alkanes of at least 4 members (excludes halogenated alkanes) is 1. The van der Waals surface area contributed by atoms with Gasteiger partial charge in [-0.1, -0.05) is 19.4 Å². The maximum Gasteiger partial charge on any atom is 0.573 e. The normalized spacial score (nSPS) is 13.1. The second-order valence-electron chi connectivity index (χ2n) is 7.19. The lowest BCUT2D eigenvalue weighted by molar-refractivity contribution is -0.274. The summed E-state index contributed by atoms with van der Waals surface area (Å²) in [5, 5.41) is 9.89. The highest BCUT2D eigenvalue weighted by atomic mass is 32.2. The lowest BCUT2D eigenvalue weighted by atomic mass is 10.1. The molecule has 0 aliphatic heterocycles. The molecule has 3 rings (SSSR count).